The molecule has 2 aromatic rings. The van der Waals surface area contributed by atoms with Crippen molar-refractivity contribution in [1.82, 2.24) is 15.2 Å². The second kappa shape index (κ2) is 13.9. The fourth-order valence-electron chi connectivity index (χ4n) is 3.80. The molecule has 1 atom stereocenters. The Bertz CT molecular complexity index is 907. The van der Waals surface area contributed by atoms with Crippen molar-refractivity contribution in [3.8, 4) is 17.4 Å². The molecule has 1 aromatic heterocycles. The van der Waals surface area contributed by atoms with Crippen molar-refractivity contribution >= 4 is 35.8 Å². The van der Waals surface area contributed by atoms with Crippen LogP contribution in [0.3, 0.4) is 0 Å². The molecule has 180 valence electrons. The van der Waals surface area contributed by atoms with Gasteiger partial charge in [0.05, 0.1) is 13.2 Å². The first-order chi connectivity index (χ1) is 15.6. The molecular formula is C24H34IN5O3. The highest BCUT2D eigenvalue weighted by Gasteiger charge is 2.23. The molecule has 0 bridgehead atoms. The predicted octanol–water partition coefficient (Wildman–Crippen LogP) is 3.94. The number of halogens is 1. The topological polar surface area (TPSA) is 102 Å². The van der Waals surface area contributed by atoms with Crippen molar-refractivity contribution in [2.45, 2.75) is 39.7 Å². The number of rotatable bonds is 9. The van der Waals surface area contributed by atoms with Gasteiger partial charge in [0.2, 0.25) is 11.8 Å². The number of nitrogens with zero attached hydrogens (tertiary/aromatic N) is 3. The number of aromatic nitrogens is 1. The van der Waals surface area contributed by atoms with Crippen molar-refractivity contribution in [3.05, 3.63) is 48.2 Å². The highest BCUT2D eigenvalue weighted by molar-refractivity contribution is 14.0. The summed E-state index contributed by atoms with van der Waals surface area (Å²) in [5.41, 5.74) is 6.40. The molecular weight excluding hydrogens is 533 g/mol. The largest absolute Gasteiger partial charge is 0.494 e. The summed E-state index contributed by atoms with van der Waals surface area (Å²) in [7, 11) is 0. The fourth-order valence-corrected chi connectivity index (χ4v) is 3.80. The maximum Gasteiger partial charge on any atom is 0.219 e. The molecule has 9 heteroatoms. The third-order valence-electron chi connectivity index (χ3n) is 5.21. The number of aliphatic imine (C=N–C) groups is 1. The number of ether oxygens (including phenoxy) is 2. The summed E-state index contributed by atoms with van der Waals surface area (Å²) >= 11 is 0. The average molecular weight is 567 g/mol. The first-order valence-corrected chi connectivity index (χ1v) is 11.2. The number of carbonyl (C=O) groups is 1. The Balaban J connectivity index is 0.00000385. The van der Waals surface area contributed by atoms with Crippen LogP contribution in [0.4, 0.5) is 0 Å². The van der Waals surface area contributed by atoms with E-state index >= 15 is 0 Å². The van der Waals surface area contributed by atoms with E-state index in [4.69, 9.17) is 20.2 Å². The van der Waals surface area contributed by atoms with Crippen LogP contribution < -0.4 is 20.5 Å². The number of piperidine rings is 1. The van der Waals surface area contributed by atoms with Crippen LogP contribution >= 0.6 is 24.0 Å². The Morgan fingerprint density at radius 2 is 2.00 bits per heavy atom. The first-order valence-electron chi connectivity index (χ1n) is 11.2. The third kappa shape index (κ3) is 8.71. The zero-order valence-electron chi connectivity index (χ0n) is 19.3. The lowest BCUT2D eigenvalue weighted by molar-refractivity contribution is -0.119. The number of hydrogen-bond acceptors (Lipinski definition) is 5. The smallest absolute Gasteiger partial charge is 0.219 e. The van der Waals surface area contributed by atoms with Crippen molar-refractivity contribution in [3.63, 3.8) is 0 Å². The van der Waals surface area contributed by atoms with E-state index in [1.165, 1.54) is 0 Å². The zero-order chi connectivity index (χ0) is 22.8. The standard InChI is InChI=1S/C24H33N5O3.HI/c1-3-26-24(29-13-5-6-19(17-29)14-22(25)30)28-16-18-11-12-27-23(15-18)32-21-9-7-20(8-10-21)31-4-2;/h7-12,15,19H,3-6,13-14,16-17H2,1-2H3,(H2,25,30)(H,26,28);1H. The molecule has 0 aliphatic carbocycles. The summed E-state index contributed by atoms with van der Waals surface area (Å²) < 4.78 is 11.3. The van der Waals surface area contributed by atoms with E-state index in [1.807, 2.05) is 43.3 Å². The van der Waals surface area contributed by atoms with Gasteiger partial charge in [0.15, 0.2) is 5.96 Å². The summed E-state index contributed by atoms with van der Waals surface area (Å²) in [6.45, 7) is 7.62. The molecule has 3 rings (SSSR count). The zero-order valence-corrected chi connectivity index (χ0v) is 21.7. The van der Waals surface area contributed by atoms with Crippen molar-refractivity contribution < 1.29 is 14.3 Å². The summed E-state index contributed by atoms with van der Waals surface area (Å²) in [4.78, 5) is 22.7. The number of hydrogen-bond donors (Lipinski definition) is 2. The Kier molecular flexibility index (Phi) is 11.2. The van der Waals surface area contributed by atoms with E-state index < -0.39 is 0 Å². The molecule has 2 heterocycles. The van der Waals surface area contributed by atoms with Gasteiger partial charge in [-0.3, -0.25) is 4.79 Å². The predicted molar refractivity (Wildman–Crippen MR) is 140 cm³/mol. The number of guanidine groups is 1. The number of primary amides is 1. The molecule has 1 amide bonds. The lowest BCUT2D eigenvalue weighted by Gasteiger charge is -2.34. The minimum Gasteiger partial charge on any atom is -0.494 e. The van der Waals surface area contributed by atoms with Gasteiger partial charge >= 0.3 is 0 Å². The lowest BCUT2D eigenvalue weighted by atomic mass is 9.95. The quantitative estimate of drug-likeness (QED) is 0.271. The van der Waals surface area contributed by atoms with Crippen LogP contribution in [0.1, 0.15) is 38.7 Å². The van der Waals surface area contributed by atoms with Crippen molar-refractivity contribution in [1.29, 1.82) is 0 Å². The van der Waals surface area contributed by atoms with Crippen LogP contribution in [0.5, 0.6) is 17.4 Å². The van der Waals surface area contributed by atoms with Gasteiger partial charge < -0.3 is 25.4 Å². The monoisotopic (exact) mass is 567 g/mol. The van der Waals surface area contributed by atoms with Crippen LogP contribution in [-0.4, -0.2) is 48.0 Å². The normalized spacial score (nSPS) is 16.0. The average Bonchev–Trinajstić information content (AvgIpc) is 2.78. The minimum absolute atomic E-state index is 0. The first kappa shape index (κ1) is 26.7. The molecule has 8 nitrogen and oxygen atoms in total. The van der Waals surface area contributed by atoms with E-state index in [0.29, 0.717) is 31.2 Å². The van der Waals surface area contributed by atoms with Gasteiger partial charge in [-0.15, -0.1) is 24.0 Å². The van der Waals surface area contributed by atoms with E-state index in [-0.39, 0.29) is 35.8 Å². The van der Waals surface area contributed by atoms with E-state index in [0.717, 1.165) is 49.7 Å². The second-order valence-electron chi connectivity index (χ2n) is 7.80. The fraction of sp³-hybridized carbons (Fsp3) is 0.458. The van der Waals surface area contributed by atoms with Gasteiger partial charge in [0.25, 0.3) is 0 Å². The molecule has 0 saturated carbocycles. The SMILES string of the molecule is CCNC(=NCc1ccnc(Oc2ccc(OCC)cc2)c1)N1CCCC(CC(N)=O)C1.I. The molecule has 0 radical (unpaired) electrons. The number of nitrogens with one attached hydrogen (secondary N) is 1. The second-order valence-corrected chi connectivity index (χ2v) is 7.80. The van der Waals surface area contributed by atoms with Crippen LogP contribution in [-0.2, 0) is 11.3 Å². The van der Waals surface area contributed by atoms with Crippen LogP contribution in [0.25, 0.3) is 0 Å². The Morgan fingerprint density at radius 3 is 2.70 bits per heavy atom. The highest BCUT2D eigenvalue weighted by atomic mass is 127. The number of nitrogens with two attached hydrogens (primary N) is 1. The summed E-state index contributed by atoms with van der Waals surface area (Å²) in [5, 5.41) is 3.37. The van der Waals surface area contributed by atoms with Gasteiger partial charge in [-0.05, 0) is 68.5 Å². The molecule has 1 saturated heterocycles. The van der Waals surface area contributed by atoms with E-state index in [1.54, 1.807) is 6.20 Å². The van der Waals surface area contributed by atoms with Gasteiger partial charge in [-0.25, -0.2) is 9.98 Å². The van der Waals surface area contributed by atoms with E-state index in [2.05, 4.69) is 22.1 Å². The number of amides is 1. The van der Waals surface area contributed by atoms with Crippen LogP contribution in [0.15, 0.2) is 47.6 Å². The maximum absolute atomic E-state index is 11.3. The number of benzene rings is 1. The number of likely N-dealkylation sites (tertiary alicyclic amines) is 1. The Labute approximate surface area is 213 Å². The van der Waals surface area contributed by atoms with Crippen LogP contribution in [0, 0.1) is 5.92 Å². The summed E-state index contributed by atoms with van der Waals surface area (Å²) in [6.07, 6.45) is 4.20. The van der Waals surface area contributed by atoms with Gasteiger partial charge in [0.1, 0.15) is 11.5 Å². The molecule has 1 unspecified atom stereocenters. The molecule has 1 fully saturated rings. The van der Waals surface area contributed by atoms with Gasteiger partial charge in [-0.1, -0.05) is 0 Å². The van der Waals surface area contributed by atoms with E-state index in [9.17, 15) is 4.79 Å². The molecule has 3 N–H and O–H groups in total. The highest BCUT2D eigenvalue weighted by Crippen LogP contribution is 2.23. The molecule has 33 heavy (non-hydrogen) atoms. The third-order valence-corrected chi connectivity index (χ3v) is 5.21. The summed E-state index contributed by atoms with van der Waals surface area (Å²) in [5.74, 6) is 2.92. The minimum atomic E-state index is -0.240. The molecule has 1 aliphatic heterocycles. The number of carbonyl (C=O) groups excluding carboxylic acids is 1. The van der Waals surface area contributed by atoms with Gasteiger partial charge in [-0.2, -0.15) is 0 Å². The van der Waals surface area contributed by atoms with Crippen molar-refractivity contribution in [2.75, 3.05) is 26.2 Å². The summed E-state index contributed by atoms with van der Waals surface area (Å²) in [6, 6.07) is 11.3. The maximum atomic E-state index is 11.3. The van der Waals surface area contributed by atoms with Gasteiger partial charge in [0, 0.05) is 38.3 Å². The van der Waals surface area contributed by atoms with Crippen molar-refractivity contribution in [2.24, 2.45) is 16.6 Å². The number of pyridine rings is 1. The molecule has 1 aromatic carbocycles. The Morgan fingerprint density at radius 1 is 1.24 bits per heavy atom. The lowest BCUT2D eigenvalue weighted by Crippen LogP contribution is -2.47. The van der Waals surface area contributed by atoms with Crippen LogP contribution in [0.2, 0.25) is 0 Å². The molecule has 1 aliphatic rings. The Hall–Kier alpha value is -2.56. The molecule has 0 spiro atoms.